The molecule has 0 aliphatic heterocycles. The van der Waals surface area contributed by atoms with Crippen LogP contribution in [-0.2, 0) is 16.5 Å². The molecule has 14 heavy (non-hydrogen) atoms. The maximum Gasteiger partial charge on any atom is 0.132 e. The van der Waals surface area contributed by atoms with Crippen molar-refractivity contribution in [3.63, 3.8) is 0 Å². The van der Waals surface area contributed by atoms with Gasteiger partial charge in [0.05, 0.1) is 4.90 Å². The van der Waals surface area contributed by atoms with Crippen molar-refractivity contribution in [3.05, 3.63) is 29.8 Å². The maximum atomic E-state index is 11.4. The van der Waals surface area contributed by atoms with E-state index < -0.39 is 9.92 Å². The van der Waals surface area contributed by atoms with Crippen LogP contribution in [0.5, 0.6) is 0 Å². The Morgan fingerprint density at radius 3 is 2.50 bits per heavy atom. The summed E-state index contributed by atoms with van der Waals surface area (Å²) in [5, 5.41) is 5.31. The Morgan fingerprint density at radius 1 is 1.43 bits per heavy atom. The fourth-order valence-corrected chi connectivity index (χ4v) is 2.07. The van der Waals surface area contributed by atoms with Crippen LogP contribution in [0.15, 0.2) is 29.2 Å². The third-order valence-corrected chi connectivity index (χ3v) is 2.84. The molecule has 1 aromatic carbocycles. The van der Waals surface area contributed by atoms with Gasteiger partial charge in [-0.25, -0.2) is 14.1 Å². The highest BCUT2D eigenvalue weighted by Gasteiger charge is 2.09. The molecule has 0 bridgehead atoms. The van der Waals surface area contributed by atoms with Crippen LogP contribution in [0, 0.1) is 4.78 Å². The molecule has 1 unspecified atom stereocenters. The van der Waals surface area contributed by atoms with Gasteiger partial charge in [0.15, 0.2) is 0 Å². The summed E-state index contributed by atoms with van der Waals surface area (Å²) in [5.74, 6) is 0. The van der Waals surface area contributed by atoms with Crippen LogP contribution < -0.4 is 5.14 Å². The van der Waals surface area contributed by atoms with Crippen LogP contribution in [0.4, 0.5) is 0 Å². The second kappa shape index (κ2) is 4.08. The van der Waals surface area contributed by atoms with Crippen molar-refractivity contribution in [2.24, 2.45) is 5.14 Å². The normalized spacial score (nSPS) is 15.4. The Balaban J connectivity index is 3.17. The number of benzene rings is 1. The molecule has 1 aromatic rings. The molecular formula is C9H15N3OS. The largest absolute Gasteiger partial charge is 0.305 e. The molecule has 0 aliphatic rings. The van der Waals surface area contributed by atoms with Crippen LogP contribution in [0.2, 0.25) is 0 Å². The van der Waals surface area contributed by atoms with Gasteiger partial charge in [0.1, 0.15) is 9.92 Å². The number of hydrogen-bond donors (Lipinski definition) is 2. The first-order valence-corrected chi connectivity index (χ1v) is 5.82. The Hall–Kier alpha value is -0.910. The number of nitrogens with one attached hydrogen (secondary N) is 1. The zero-order chi connectivity index (χ0) is 10.8. The molecule has 0 amide bonds. The number of nitrogens with zero attached hydrogens (tertiary/aromatic N) is 1. The predicted octanol–water partition coefficient (Wildman–Crippen LogP) is 1.03. The zero-order valence-electron chi connectivity index (χ0n) is 8.36. The number of hydrogen-bond acceptors (Lipinski definition) is 3. The van der Waals surface area contributed by atoms with Crippen LogP contribution in [0.3, 0.4) is 0 Å². The van der Waals surface area contributed by atoms with Crippen molar-refractivity contribution >= 4 is 9.92 Å². The first-order chi connectivity index (χ1) is 6.41. The third-order valence-electron chi connectivity index (χ3n) is 1.79. The standard InChI is InChI=1S/C9H15N3OS/c1-12(2)7-8-5-3-4-6-9(8)14(10,11)13/h3-6H,7H2,1-2H3,(H3,10,11,13). The molecule has 0 aliphatic carbocycles. The van der Waals surface area contributed by atoms with Gasteiger partial charge in [-0.3, -0.25) is 0 Å². The van der Waals surface area contributed by atoms with E-state index in [2.05, 4.69) is 0 Å². The summed E-state index contributed by atoms with van der Waals surface area (Å²) in [7, 11) is 0.726. The minimum Gasteiger partial charge on any atom is -0.305 e. The smallest absolute Gasteiger partial charge is 0.132 e. The predicted molar refractivity (Wildman–Crippen MR) is 57.1 cm³/mol. The van der Waals surface area contributed by atoms with E-state index in [-0.39, 0.29) is 0 Å². The van der Waals surface area contributed by atoms with Gasteiger partial charge >= 0.3 is 0 Å². The number of rotatable bonds is 3. The van der Waals surface area contributed by atoms with Gasteiger partial charge in [-0.05, 0) is 25.7 Å². The summed E-state index contributed by atoms with van der Waals surface area (Å²) in [4.78, 5) is 2.37. The average molecular weight is 213 g/mol. The fourth-order valence-electron chi connectivity index (χ4n) is 1.27. The van der Waals surface area contributed by atoms with Gasteiger partial charge < -0.3 is 4.90 Å². The molecular weight excluding hydrogens is 198 g/mol. The third kappa shape index (κ3) is 2.80. The molecule has 0 heterocycles. The molecule has 4 nitrogen and oxygen atoms in total. The van der Waals surface area contributed by atoms with Gasteiger partial charge in [-0.2, -0.15) is 0 Å². The minimum absolute atomic E-state index is 0.425. The lowest BCUT2D eigenvalue weighted by atomic mass is 10.2. The highest BCUT2D eigenvalue weighted by atomic mass is 32.2. The Kier molecular flexibility index (Phi) is 3.25. The lowest BCUT2D eigenvalue weighted by molar-refractivity contribution is 0.399. The van der Waals surface area contributed by atoms with E-state index in [1.165, 1.54) is 0 Å². The molecule has 0 aromatic heterocycles. The van der Waals surface area contributed by atoms with Crippen LogP contribution in [0.1, 0.15) is 5.56 Å². The average Bonchev–Trinajstić information content (AvgIpc) is 2.01. The molecule has 3 N–H and O–H groups in total. The molecule has 0 spiro atoms. The molecule has 0 fully saturated rings. The first-order valence-electron chi connectivity index (χ1n) is 4.20. The second-order valence-electron chi connectivity index (χ2n) is 3.45. The first kappa shape index (κ1) is 11.2. The highest BCUT2D eigenvalue weighted by Crippen LogP contribution is 2.15. The van der Waals surface area contributed by atoms with Crippen molar-refractivity contribution in [3.8, 4) is 0 Å². The van der Waals surface area contributed by atoms with E-state index in [1.807, 2.05) is 31.1 Å². The lowest BCUT2D eigenvalue weighted by Gasteiger charge is -2.13. The quantitative estimate of drug-likeness (QED) is 0.787. The second-order valence-corrected chi connectivity index (χ2v) is 5.09. The molecule has 0 radical (unpaired) electrons. The Labute approximate surface area is 84.8 Å². The van der Waals surface area contributed by atoms with E-state index in [9.17, 15) is 4.21 Å². The Bertz CT molecular complexity index is 412. The fraction of sp³-hybridized carbons (Fsp3) is 0.333. The van der Waals surface area contributed by atoms with Gasteiger partial charge in [0.2, 0.25) is 0 Å². The van der Waals surface area contributed by atoms with Crippen LogP contribution >= 0.6 is 0 Å². The summed E-state index contributed by atoms with van der Waals surface area (Å²) in [5.41, 5.74) is 0.847. The monoisotopic (exact) mass is 213 g/mol. The zero-order valence-corrected chi connectivity index (χ0v) is 9.17. The van der Waals surface area contributed by atoms with Gasteiger partial charge in [-0.1, -0.05) is 18.2 Å². The molecule has 1 atom stereocenters. The van der Waals surface area contributed by atoms with Crippen molar-refractivity contribution in [1.82, 2.24) is 4.90 Å². The Morgan fingerprint density at radius 2 is 2.00 bits per heavy atom. The van der Waals surface area contributed by atoms with Gasteiger partial charge in [0, 0.05) is 6.54 Å². The summed E-state index contributed by atoms with van der Waals surface area (Å²) in [6.07, 6.45) is 0. The van der Waals surface area contributed by atoms with E-state index in [0.29, 0.717) is 11.4 Å². The SMILES string of the molecule is CN(C)Cc1ccccc1S(=N)(N)=O. The van der Waals surface area contributed by atoms with Gasteiger partial charge in [-0.15, -0.1) is 0 Å². The van der Waals surface area contributed by atoms with Crippen molar-refractivity contribution in [2.45, 2.75) is 11.4 Å². The van der Waals surface area contributed by atoms with Crippen molar-refractivity contribution < 1.29 is 4.21 Å². The minimum atomic E-state index is -3.11. The highest BCUT2D eigenvalue weighted by molar-refractivity contribution is 7.90. The van der Waals surface area contributed by atoms with Crippen molar-refractivity contribution in [1.29, 1.82) is 4.78 Å². The lowest BCUT2D eigenvalue weighted by Crippen LogP contribution is -2.17. The molecule has 78 valence electrons. The summed E-state index contributed by atoms with van der Waals surface area (Å²) in [6.45, 7) is 0.642. The van der Waals surface area contributed by atoms with E-state index in [0.717, 1.165) is 5.56 Å². The molecule has 5 heteroatoms. The summed E-state index contributed by atoms with van der Waals surface area (Å²) < 4.78 is 18.8. The van der Waals surface area contributed by atoms with Gasteiger partial charge in [0.25, 0.3) is 0 Å². The van der Waals surface area contributed by atoms with Crippen LogP contribution in [-0.4, -0.2) is 23.2 Å². The van der Waals surface area contributed by atoms with E-state index in [4.69, 9.17) is 9.92 Å². The molecule has 0 saturated carbocycles. The van der Waals surface area contributed by atoms with E-state index in [1.54, 1.807) is 12.1 Å². The maximum absolute atomic E-state index is 11.4. The summed E-state index contributed by atoms with van der Waals surface area (Å²) >= 11 is 0. The molecule has 0 saturated heterocycles. The molecule has 1 rings (SSSR count). The van der Waals surface area contributed by atoms with E-state index >= 15 is 0 Å². The van der Waals surface area contributed by atoms with Crippen molar-refractivity contribution in [2.75, 3.05) is 14.1 Å². The number of nitrogens with two attached hydrogens (primary N) is 1. The summed E-state index contributed by atoms with van der Waals surface area (Å²) in [6, 6.07) is 7.09. The topological polar surface area (TPSA) is 70.2 Å². The van der Waals surface area contributed by atoms with Crippen LogP contribution in [0.25, 0.3) is 0 Å².